The number of aliphatic carboxylic acids is 1. The molecular formula is C14H23NO4. The number of rotatable bonds is 4. The van der Waals surface area contributed by atoms with Crippen LogP contribution < -0.4 is 0 Å². The summed E-state index contributed by atoms with van der Waals surface area (Å²) in [6.07, 6.45) is 4.97. The summed E-state index contributed by atoms with van der Waals surface area (Å²) in [6, 6.07) is -0.721. The van der Waals surface area contributed by atoms with Crippen molar-refractivity contribution in [3.63, 3.8) is 0 Å². The first-order chi connectivity index (χ1) is 9.04. The summed E-state index contributed by atoms with van der Waals surface area (Å²) in [5.74, 6) is -0.892. The smallest absolute Gasteiger partial charge is 0.326 e. The monoisotopic (exact) mass is 269 g/mol. The molecule has 0 spiro atoms. The maximum absolute atomic E-state index is 12.8. The lowest BCUT2D eigenvalue weighted by Gasteiger charge is -2.33. The Bertz CT molecular complexity index is 362. The van der Waals surface area contributed by atoms with Crippen molar-refractivity contribution in [2.45, 2.75) is 57.6 Å². The van der Waals surface area contributed by atoms with Gasteiger partial charge in [-0.15, -0.1) is 0 Å². The van der Waals surface area contributed by atoms with Crippen LogP contribution in [0.1, 0.15) is 45.4 Å². The highest BCUT2D eigenvalue weighted by Crippen LogP contribution is 2.43. The minimum Gasteiger partial charge on any atom is -0.480 e. The van der Waals surface area contributed by atoms with Crippen LogP contribution in [0.5, 0.6) is 0 Å². The van der Waals surface area contributed by atoms with Gasteiger partial charge >= 0.3 is 5.97 Å². The van der Waals surface area contributed by atoms with Crippen LogP contribution in [0.4, 0.5) is 0 Å². The van der Waals surface area contributed by atoms with Gasteiger partial charge in [0, 0.05) is 25.5 Å². The van der Waals surface area contributed by atoms with Crippen molar-refractivity contribution in [3.8, 4) is 0 Å². The molecule has 0 aromatic heterocycles. The number of carbonyl (C=O) groups is 2. The topological polar surface area (TPSA) is 66.8 Å². The van der Waals surface area contributed by atoms with E-state index in [0.29, 0.717) is 13.0 Å². The molecule has 5 heteroatoms. The Balaban J connectivity index is 2.18. The largest absolute Gasteiger partial charge is 0.480 e. The van der Waals surface area contributed by atoms with Gasteiger partial charge in [-0.05, 0) is 19.3 Å². The maximum Gasteiger partial charge on any atom is 0.326 e. The summed E-state index contributed by atoms with van der Waals surface area (Å²) < 4.78 is 5.24. The maximum atomic E-state index is 12.8. The fourth-order valence-electron chi connectivity index (χ4n) is 3.50. The van der Waals surface area contributed by atoms with Crippen LogP contribution in [0.3, 0.4) is 0 Å². The predicted octanol–water partition coefficient (Wildman–Crippen LogP) is 1.66. The minimum absolute atomic E-state index is 0.0273. The van der Waals surface area contributed by atoms with Crippen molar-refractivity contribution < 1.29 is 19.4 Å². The van der Waals surface area contributed by atoms with E-state index >= 15 is 0 Å². The standard InChI is InChI=1S/C14H23NO4/c1-3-14(6-4-5-7-14)13(18)15-9-10(19-2)8-11(15)12(16)17/h10-11H,3-9H2,1-2H3,(H,16,17). The molecule has 5 nitrogen and oxygen atoms in total. The molecule has 0 aromatic rings. The van der Waals surface area contributed by atoms with Crippen LogP contribution in [0.15, 0.2) is 0 Å². The number of nitrogens with zero attached hydrogens (tertiary/aromatic N) is 1. The molecule has 1 amide bonds. The van der Waals surface area contributed by atoms with Crippen molar-refractivity contribution in [3.05, 3.63) is 0 Å². The summed E-state index contributed by atoms with van der Waals surface area (Å²) in [6.45, 7) is 2.44. The molecule has 1 saturated heterocycles. The first-order valence-corrected chi connectivity index (χ1v) is 7.11. The minimum atomic E-state index is -0.919. The molecule has 1 aliphatic carbocycles. The Morgan fingerprint density at radius 2 is 2.00 bits per heavy atom. The van der Waals surface area contributed by atoms with E-state index in [-0.39, 0.29) is 17.4 Å². The summed E-state index contributed by atoms with van der Waals surface area (Å²) in [7, 11) is 1.57. The quantitative estimate of drug-likeness (QED) is 0.843. The Kier molecular flexibility index (Phi) is 4.13. The van der Waals surface area contributed by atoms with Crippen LogP contribution in [-0.2, 0) is 14.3 Å². The molecule has 1 saturated carbocycles. The molecule has 1 aliphatic heterocycles. The zero-order valence-electron chi connectivity index (χ0n) is 11.7. The van der Waals surface area contributed by atoms with Crippen LogP contribution in [0.25, 0.3) is 0 Å². The third-order valence-electron chi connectivity index (χ3n) is 4.83. The summed E-state index contributed by atoms with van der Waals surface area (Å²) in [5, 5.41) is 9.30. The van der Waals surface area contributed by atoms with E-state index in [0.717, 1.165) is 32.1 Å². The van der Waals surface area contributed by atoms with Gasteiger partial charge in [-0.3, -0.25) is 4.79 Å². The molecule has 0 radical (unpaired) electrons. The summed E-state index contributed by atoms with van der Waals surface area (Å²) in [4.78, 5) is 25.7. The van der Waals surface area contributed by atoms with E-state index in [1.54, 1.807) is 12.0 Å². The third-order valence-corrected chi connectivity index (χ3v) is 4.83. The van der Waals surface area contributed by atoms with E-state index in [4.69, 9.17) is 4.74 Å². The Labute approximate surface area is 113 Å². The highest BCUT2D eigenvalue weighted by molar-refractivity contribution is 5.88. The lowest BCUT2D eigenvalue weighted by Crippen LogP contribution is -2.47. The van der Waals surface area contributed by atoms with Gasteiger partial charge in [0.25, 0.3) is 0 Å². The number of hydrogen-bond acceptors (Lipinski definition) is 3. The molecule has 19 heavy (non-hydrogen) atoms. The lowest BCUT2D eigenvalue weighted by molar-refractivity contribution is -0.153. The highest BCUT2D eigenvalue weighted by Gasteiger charge is 2.48. The first-order valence-electron chi connectivity index (χ1n) is 7.11. The number of carbonyl (C=O) groups excluding carboxylic acids is 1. The number of methoxy groups -OCH3 is 1. The second-order valence-electron chi connectivity index (χ2n) is 5.75. The molecule has 1 N–H and O–H groups in total. The van der Waals surface area contributed by atoms with Crippen molar-refractivity contribution in [1.82, 2.24) is 4.90 Å². The second kappa shape index (κ2) is 5.49. The van der Waals surface area contributed by atoms with Crippen LogP contribution in [-0.4, -0.2) is 47.7 Å². The molecule has 2 atom stereocenters. The Morgan fingerprint density at radius 3 is 2.47 bits per heavy atom. The van der Waals surface area contributed by atoms with Gasteiger partial charge in [0.05, 0.1) is 6.10 Å². The van der Waals surface area contributed by atoms with Crippen molar-refractivity contribution in [2.24, 2.45) is 5.41 Å². The van der Waals surface area contributed by atoms with E-state index in [9.17, 15) is 14.7 Å². The van der Waals surface area contributed by atoms with E-state index in [1.807, 2.05) is 6.92 Å². The zero-order chi connectivity index (χ0) is 14.0. The summed E-state index contributed by atoms with van der Waals surface area (Å²) >= 11 is 0. The van der Waals surface area contributed by atoms with Gasteiger partial charge in [0.1, 0.15) is 6.04 Å². The fraction of sp³-hybridized carbons (Fsp3) is 0.857. The lowest BCUT2D eigenvalue weighted by atomic mass is 9.81. The Hall–Kier alpha value is -1.10. The number of hydrogen-bond donors (Lipinski definition) is 1. The van der Waals surface area contributed by atoms with E-state index in [1.165, 1.54) is 0 Å². The molecule has 2 fully saturated rings. The molecule has 0 aromatic carbocycles. The number of likely N-dealkylation sites (tertiary alicyclic amines) is 1. The number of amides is 1. The molecule has 0 bridgehead atoms. The van der Waals surface area contributed by atoms with Gasteiger partial charge in [-0.1, -0.05) is 19.8 Å². The summed E-state index contributed by atoms with van der Waals surface area (Å²) in [5.41, 5.74) is -0.323. The highest BCUT2D eigenvalue weighted by atomic mass is 16.5. The zero-order valence-corrected chi connectivity index (χ0v) is 11.7. The van der Waals surface area contributed by atoms with Gasteiger partial charge in [0.15, 0.2) is 0 Å². The molecule has 2 rings (SSSR count). The van der Waals surface area contributed by atoms with E-state index in [2.05, 4.69) is 0 Å². The van der Waals surface area contributed by atoms with Crippen molar-refractivity contribution in [2.75, 3.05) is 13.7 Å². The number of carboxylic acids is 1. The molecule has 1 heterocycles. The average molecular weight is 269 g/mol. The molecule has 2 aliphatic rings. The average Bonchev–Trinajstić information content (AvgIpc) is 3.05. The van der Waals surface area contributed by atoms with Gasteiger partial charge in [0.2, 0.25) is 5.91 Å². The van der Waals surface area contributed by atoms with Gasteiger partial charge in [-0.2, -0.15) is 0 Å². The number of ether oxygens (including phenoxy) is 1. The van der Waals surface area contributed by atoms with Crippen LogP contribution in [0, 0.1) is 5.41 Å². The van der Waals surface area contributed by atoms with E-state index < -0.39 is 12.0 Å². The van der Waals surface area contributed by atoms with Gasteiger partial charge in [-0.25, -0.2) is 4.79 Å². The first kappa shape index (κ1) is 14.3. The normalized spacial score (nSPS) is 29.7. The van der Waals surface area contributed by atoms with Crippen LogP contribution >= 0.6 is 0 Å². The molecule has 108 valence electrons. The van der Waals surface area contributed by atoms with Crippen LogP contribution in [0.2, 0.25) is 0 Å². The predicted molar refractivity (Wildman–Crippen MR) is 69.7 cm³/mol. The van der Waals surface area contributed by atoms with Crippen molar-refractivity contribution in [1.29, 1.82) is 0 Å². The third kappa shape index (κ3) is 2.48. The Morgan fingerprint density at radius 1 is 1.37 bits per heavy atom. The molecular weight excluding hydrogens is 246 g/mol. The van der Waals surface area contributed by atoms with Crippen molar-refractivity contribution >= 4 is 11.9 Å². The fourth-order valence-corrected chi connectivity index (χ4v) is 3.50. The molecule has 2 unspecified atom stereocenters. The SMILES string of the molecule is CCC1(C(=O)N2CC(OC)CC2C(=O)O)CCCC1. The van der Waals surface area contributed by atoms with Gasteiger partial charge < -0.3 is 14.7 Å². The second-order valence-corrected chi connectivity index (χ2v) is 5.75. The number of carboxylic acid groups (broad SMARTS) is 1.